The fourth-order valence-corrected chi connectivity index (χ4v) is 3.28. The predicted molar refractivity (Wildman–Crippen MR) is 104 cm³/mol. The number of amides is 1. The largest absolute Gasteiger partial charge is 0.381 e. The number of carbonyl (C=O) groups is 1. The van der Waals surface area contributed by atoms with Crippen LogP contribution in [-0.2, 0) is 14.9 Å². The number of hydrogen-bond donors (Lipinski definition) is 2. The number of halogens is 2. The monoisotopic (exact) mass is 418 g/mol. The van der Waals surface area contributed by atoms with E-state index in [2.05, 4.69) is 52.4 Å². The average Bonchev–Trinajstić information content (AvgIpc) is 2.59. The highest BCUT2D eigenvalue weighted by atomic mass is 79.9. The molecular weight excluding hydrogens is 392 g/mol. The SMILES string of the molecule is CCC(C)C(N)C(=O)NCC1(c2ccc(Br)cc2)CCOCC1.Cl. The van der Waals surface area contributed by atoms with Crippen LogP contribution in [0.3, 0.4) is 0 Å². The Balaban J connectivity index is 0.00000288. The van der Waals surface area contributed by atoms with Gasteiger partial charge in [0, 0.05) is 29.6 Å². The lowest BCUT2D eigenvalue weighted by Crippen LogP contribution is -2.50. The van der Waals surface area contributed by atoms with Gasteiger partial charge >= 0.3 is 0 Å². The number of hydrogen-bond acceptors (Lipinski definition) is 3. The van der Waals surface area contributed by atoms with Crippen LogP contribution in [0.15, 0.2) is 28.7 Å². The van der Waals surface area contributed by atoms with Gasteiger partial charge in [-0.1, -0.05) is 48.3 Å². The highest BCUT2D eigenvalue weighted by Gasteiger charge is 2.35. The van der Waals surface area contributed by atoms with E-state index in [9.17, 15) is 4.79 Å². The highest BCUT2D eigenvalue weighted by Crippen LogP contribution is 2.35. The maximum atomic E-state index is 12.3. The average molecular weight is 420 g/mol. The number of carbonyl (C=O) groups excluding carboxylic acids is 1. The van der Waals surface area contributed by atoms with E-state index in [0.717, 1.165) is 36.9 Å². The summed E-state index contributed by atoms with van der Waals surface area (Å²) in [6.07, 6.45) is 2.72. The zero-order valence-corrected chi connectivity index (χ0v) is 16.8. The van der Waals surface area contributed by atoms with Gasteiger partial charge in [0.25, 0.3) is 0 Å². The molecule has 2 unspecified atom stereocenters. The fourth-order valence-electron chi connectivity index (χ4n) is 3.02. The molecule has 6 heteroatoms. The zero-order valence-electron chi connectivity index (χ0n) is 14.4. The Bertz CT molecular complexity index is 518. The summed E-state index contributed by atoms with van der Waals surface area (Å²) in [7, 11) is 0. The van der Waals surface area contributed by atoms with Crippen LogP contribution < -0.4 is 11.1 Å². The number of nitrogens with one attached hydrogen (secondary N) is 1. The number of benzene rings is 1. The molecule has 24 heavy (non-hydrogen) atoms. The van der Waals surface area contributed by atoms with E-state index in [4.69, 9.17) is 10.5 Å². The second kappa shape index (κ2) is 9.76. The molecule has 1 amide bonds. The summed E-state index contributed by atoms with van der Waals surface area (Å²) in [5.41, 5.74) is 7.23. The van der Waals surface area contributed by atoms with Crippen LogP contribution in [0.4, 0.5) is 0 Å². The molecule has 1 fully saturated rings. The van der Waals surface area contributed by atoms with E-state index in [1.165, 1.54) is 5.56 Å². The van der Waals surface area contributed by atoms with Crippen molar-refractivity contribution >= 4 is 34.2 Å². The molecule has 136 valence electrons. The van der Waals surface area contributed by atoms with E-state index in [-0.39, 0.29) is 29.6 Å². The minimum atomic E-state index is -0.443. The topological polar surface area (TPSA) is 64.4 Å². The molecule has 0 spiro atoms. The van der Waals surface area contributed by atoms with Crippen molar-refractivity contribution in [3.63, 3.8) is 0 Å². The smallest absolute Gasteiger partial charge is 0.237 e. The van der Waals surface area contributed by atoms with Crippen LogP contribution in [0.2, 0.25) is 0 Å². The first kappa shape index (κ1) is 21.4. The molecule has 0 saturated carbocycles. The van der Waals surface area contributed by atoms with E-state index in [0.29, 0.717) is 6.54 Å². The van der Waals surface area contributed by atoms with Crippen molar-refractivity contribution in [1.29, 1.82) is 0 Å². The normalized spacial score (nSPS) is 19.0. The first-order valence-corrected chi connectivity index (χ1v) is 9.15. The Morgan fingerprint density at radius 1 is 1.33 bits per heavy atom. The van der Waals surface area contributed by atoms with Crippen LogP contribution in [-0.4, -0.2) is 31.7 Å². The number of rotatable bonds is 6. The second-order valence-electron chi connectivity index (χ2n) is 6.53. The molecule has 3 N–H and O–H groups in total. The lowest BCUT2D eigenvalue weighted by Gasteiger charge is -2.38. The molecule has 4 nitrogen and oxygen atoms in total. The fraction of sp³-hybridized carbons (Fsp3) is 0.611. The van der Waals surface area contributed by atoms with Gasteiger partial charge < -0.3 is 15.8 Å². The van der Waals surface area contributed by atoms with Gasteiger partial charge in [0.05, 0.1) is 6.04 Å². The third-order valence-corrected chi connectivity index (χ3v) is 5.60. The number of ether oxygens (including phenoxy) is 1. The second-order valence-corrected chi connectivity index (χ2v) is 7.44. The third-order valence-electron chi connectivity index (χ3n) is 5.07. The maximum absolute atomic E-state index is 12.3. The van der Waals surface area contributed by atoms with Gasteiger partial charge in [-0.3, -0.25) is 4.79 Å². The summed E-state index contributed by atoms with van der Waals surface area (Å²) in [6, 6.07) is 7.94. The van der Waals surface area contributed by atoms with Gasteiger partial charge in [0.2, 0.25) is 5.91 Å². The van der Waals surface area contributed by atoms with Crippen molar-refractivity contribution < 1.29 is 9.53 Å². The Labute approximate surface area is 159 Å². The van der Waals surface area contributed by atoms with E-state index >= 15 is 0 Å². The van der Waals surface area contributed by atoms with Crippen molar-refractivity contribution in [2.75, 3.05) is 19.8 Å². The van der Waals surface area contributed by atoms with Crippen LogP contribution in [0.5, 0.6) is 0 Å². The molecule has 2 rings (SSSR count). The molecule has 0 aromatic heterocycles. The number of nitrogens with two attached hydrogens (primary N) is 1. The van der Waals surface area contributed by atoms with Crippen molar-refractivity contribution in [1.82, 2.24) is 5.32 Å². The quantitative estimate of drug-likeness (QED) is 0.742. The minimum absolute atomic E-state index is 0. The van der Waals surface area contributed by atoms with Gasteiger partial charge in [-0.25, -0.2) is 0 Å². The zero-order chi connectivity index (χ0) is 16.9. The van der Waals surface area contributed by atoms with Crippen molar-refractivity contribution in [3.8, 4) is 0 Å². The van der Waals surface area contributed by atoms with Crippen LogP contribution >= 0.6 is 28.3 Å². The van der Waals surface area contributed by atoms with Gasteiger partial charge in [0.1, 0.15) is 0 Å². The van der Waals surface area contributed by atoms with Crippen molar-refractivity contribution in [2.45, 2.75) is 44.6 Å². The van der Waals surface area contributed by atoms with Crippen LogP contribution in [0.25, 0.3) is 0 Å². The molecule has 1 heterocycles. The van der Waals surface area contributed by atoms with E-state index in [1.54, 1.807) is 0 Å². The Morgan fingerprint density at radius 2 is 1.92 bits per heavy atom. The van der Waals surface area contributed by atoms with E-state index < -0.39 is 6.04 Å². The van der Waals surface area contributed by atoms with Crippen LogP contribution in [0.1, 0.15) is 38.7 Å². The molecule has 1 aliphatic rings. The highest BCUT2D eigenvalue weighted by molar-refractivity contribution is 9.10. The summed E-state index contributed by atoms with van der Waals surface area (Å²) in [5, 5.41) is 3.09. The molecule has 0 bridgehead atoms. The van der Waals surface area contributed by atoms with Gasteiger partial charge in [-0.15, -0.1) is 12.4 Å². The molecule has 1 aromatic rings. The lowest BCUT2D eigenvalue weighted by molar-refractivity contribution is -0.123. The summed E-state index contributed by atoms with van der Waals surface area (Å²) < 4.78 is 6.59. The van der Waals surface area contributed by atoms with Crippen LogP contribution in [0, 0.1) is 5.92 Å². The standard InChI is InChI=1S/C18H27BrN2O2.ClH/c1-3-13(2)16(20)17(22)21-12-18(8-10-23-11-9-18)14-4-6-15(19)7-5-14;/h4-7,13,16H,3,8-12,20H2,1-2H3,(H,21,22);1H. The Hall–Kier alpha value is -0.620. The summed E-state index contributed by atoms with van der Waals surface area (Å²) in [5.74, 6) is 0.135. The first-order valence-electron chi connectivity index (χ1n) is 8.35. The van der Waals surface area contributed by atoms with Crippen molar-refractivity contribution in [2.24, 2.45) is 11.7 Å². The maximum Gasteiger partial charge on any atom is 0.237 e. The third kappa shape index (κ3) is 5.19. The van der Waals surface area contributed by atoms with Gasteiger partial charge in [0.15, 0.2) is 0 Å². The molecule has 0 radical (unpaired) electrons. The molecule has 0 aliphatic carbocycles. The summed E-state index contributed by atoms with van der Waals surface area (Å²) >= 11 is 3.48. The molecule has 2 atom stereocenters. The minimum Gasteiger partial charge on any atom is -0.381 e. The molecule has 1 aliphatic heterocycles. The molecule has 1 saturated heterocycles. The van der Waals surface area contributed by atoms with E-state index in [1.807, 2.05) is 6.92 Å². The lowest BCUT2D eigenvalue weighted by atomic mass is 9.74. The van der Waals surface area contributed by atoms with Gasteiger partial charge in [-0.2, -0.15) is 0 Å². The predicted octanol–water partition coefficient (Wildman–Crippen LogP) is 3.41. The molecule has 1 aromatic carbocycles. The first-order chi connectivity index (χ1) is 11.0. The summed E-state index contributed by atoms with van der Waals surface area (Å²) in [4.78, 5) is 12.3. The van der Waals surface area contributed by atoms with Crippen molar-refractivity contribution in [3.05, 3.63) is 34.3 Å². The molecular formula is C18H28BrClN2O2. The Kier molecular flexibility index (Phi) is 8.71. The Morgan fingerprint density at radius 3 is 2.46 bits per heavy atom. The summed E-state index contributed by atoms with van der Waals surface area (Å²) in [6.45, 7) is 6.14. The van der Waals surface area contributed by atoms with Gasteiger partial charge in [-0.05, 0) is 36.5 Å².